The van der Waals surface area contributed by atoms with Crippen molar-refractivity contribution in [3.8, 4) is 5.82 Å². The molecule has 0 amide bonds. The predicted molar refractivity (Wildman–Crippen MR) is 110 cm³/mol. The van der Waals surface area contributed by atoms with Crippen molar-refractivity contribution < 1.29 is 0 Å². The highest BCUT2D eigenvalue weighted by molar-refractivity contribution is 5.47. The van der Waals surface area contributed by atoms with Gasteiger partial charge in [-0.3, -0.25) is 4.90 Å². The molecule has 1 fully saturated rings. The van der Waals surface area contributed by atoms with Crippen LogP contribution in [0, 0.1) is 0 Å². The van der Waals surface area contributed by atoms with Crippen LogP contribution in [0.1, 0.15) is 32.3 Å². The van der Waals surface area contributed by atoms with E-state index in [4.69, 9.17) is 0 Å². The Labute approximate surface area is 162 Å². The molecule has 0 spiro atoms. The molecule has 1 saturated heterocycles. The summed E-state index contributed by atoms with van der Waals surface area (Å²) in [5, 5.41) is 4.40. The second kappa shape index (κ2) is 8.09. The Balaban J connectivity index is 1.36. The molecule has 0 saturated carbocycles. The third-order valence-electron chi connectivity index (χ3n) is 5.74. The number of pyridine rings is 1. The normalized spacial score (nSPS) is 19.2. The molecule has 2 aliphatic rings. The van der Waals surface area contributed by atoms with Crippen LogP contribution in [0.2, 0.25) is 0 Å². The Morgan fingerprint density at radius 3 is 2.56 bits per heavy atom. The van der Waals surface area contributed by atoms with Gasteiger partial charge in [0, 0.05) is 38.4 Å². The van der Waals surface area contributed by atoms with E-state index in [0.29, 0.717) is 6.04 Å². The van der Waals surface area contributed by atoms with Crippen molar-refractivity contribution in [2.24, 2.45) is 0 Å². The third kappa shape index (κ3) is 3.98. The average molecular weight is 364 g/mol. The SMILES string of the molecule is CCc1cnn(-c2ccc(N3CCN(C(C)C4=CCCC=C4)CC3)cn2)c1. The van der Waals surface area contributed by atoms with E-state index in [1.54, 1.807) is 0 Å². The van der Waals surface area contributed by atoms with Crippen LogP contribution in [-0.4, -0.2) is 51.9 Å². The summed E-state index contributed by atoms with van der Waals surface area (Å²) in [6.45, 7) is 8.75. The predicted octanol–water partition coefficient (Wildman–Crippen LogP) is 3.62. The molecular weight excluding hydrogens is 334 g/mol. The lowest BCUT2D eigenvalue weighted by atomic mass is 9.99. The first-order valence-electron chi connectivity index (χ1n) is 10.1. The molecule has 0 radical (unpaired) electrons. The number of piperazine rings is 1. The zero-order chi connectivity index (χ0) is 18.6. The van der Waals surface area contributed by atoms with E-state index in [1.165, 1.54) is 29.7 Å². The highest BCUT2D eigenvalue weighted by atomic mass is 15.3. The minimum atomic E-state index is 0.511. The minimum Gasteiger partial charge on any atom is -0.368 e. The highest BCUT2D eigenvalue weighted by Gasteiger charge is 2.23. The maximum absolute atomic E-state index is 4.63. The monoisotopic (exact) mass is 363 g/mol. The molecule has 1 aliphatic heterocycles. The molecule has 0 N–H and O–H groups in total. The fraction of sp³-hybridized carbons (Fsp3) is 0.455. The first-order valence-corrected chi connectivity index (χ1v) is 10.1. The molecule has 5 heteroatoms. The third-order valence-corrected chi connectivity index (χ3v) is 5.74. The van der Waals surface area contributed by atoms with Gasteiger partial charge in [0.2, 0.25) is 0 Å². The number of anilines is 1. The van der Waals surface area contributed by atoms with E-state index < -0.39 is 0 Å². The molecule has 1 aliphatic carbocycles. The fourth-order valence-electron chi connectivity index (χ4n) is 3.89. The standard InChI is InChI=1S/C22H29N5/c1-3-19-15-24-27(17-19)22-10-9-21(16-23-22)26-13-11-25(12-14-26)18(2)20-7-5-4-6-8-20/h5,7-10,15-18H,3-4,6,11-14H2,1-2H3. The van der Waals surface area contributed by atoms with Crippen LogP contribution >= 0.6 is 0 Å². The van der Waals surface area contributed by atoms with E-state index in [-0.39, 0.29) is 0 Å². The van der Waals surface area contributed by atoms with Crippen molar-refractivity contribution in [2.75, 3.05) is 31.1 Å². The van der Waals surface area contributed by atoms with Crippen LogP contribution in [0.4, 0.5) is 5.69 Å². The first-order chi connectivity index (χ1) is 13.2. The van der Waals surface area contributed by atoms with Crippen LogP contribution in [0.15, 0.2) is 54.5 Å². The zero-order valence-electron chi connectivity index (χ0n) is 16.4. The summed E-state index contributed by atoms with van der Waals surface area (Å²) in [5.74, 6) is 0.877. The molecule has 0 aromatic carbocycles. The lowest BCUT2D eigenvalue weighted by Gasteiger charge is -2.39. The molecular formula is C22H29N5. The molecule has 1 atom stereocenters. The molecule has 3 heterocycles. The Morgan fingerprint density at radius 1 is 1.07 bits per heavy atom. The fourth-order valence-corrected chi connectivity index (χ4v) is 3.89. The molecule has 1 unspecified atom stereocenters. The lowest BCUT2D eigenvalue weighted by molar-refractivity contribution is 0.221. The summed E-state index contributed by atoms with van der Waals surface area (Å²) < 4.78 is 1.85. The van der Waals surface area contributed by atoms with Gasteiger partial charge < -0.3 is 4.90 Å². The number of rotatable bonds is 5. The van der Waals surface area contributed by atoms with Crippen molar-refractivity contribution in [2.45, 2.75) is 39.2 Å². The van der Waals surface area contributed by atoms with E-state index in [1.807, 2.05) is 17.1 Å². The Bertz CT molecular complexity index is 809. The Kier molecular flexibility index (Phi) is 5.39. The number of hydrogen-bond acceptors (Lipinski definition) is 4. The van der Waals surface area contributed by atoms with Gasteiger partial charge in [0.1, 0.15) is 0 Å². The first kappa shape index (κ1) is 18.0. The number of allylic oxidation sites excluding steroid dienone is 2. The van der Waals surface area contributed by atoms with Gasteiger partial charge in [-0.2, -0.15) is 5.10 Å². The van der Waals surface area contributed by atoms with Crippen molar-refractivity contribution in [3.63, 3.8) is 0 Å². The molecule has 2 aromatic rings. The second-order valence-corrected chi connectivity index (χ2v) is 7.40. The van der Waals surface area contributed by atoms with Gasteiger partial charge >= 0.3 is 0 Å². The number of aromatic nitrogens is 3. The zero-order valence-corrected chi connectivity index (χ0v) is 16.4. The smallest absolute Gasteiger partial charge is 0.153 e. The number of nitrogens with zero attached hydrogens (tertiary/aromatic N) is 5. The largest absolute Gasteiger partial charge is 0.368 e. The van der Waals surface area contributed by atoms with E-state index in [9.17, 15) is 0 Å². The van der Waals surface area contributed by atoms with E-state index >= 15 is 0 Å². The Morgan fingerprint density at radius 2 is 1.93 bits per heavy atom. The molecule has 5 nitrogen and oxygen atoms in total. The molecule has 0 bridgehead atoms. The van der Waals surface area contributed by atoms with Gasteiger partial charge in [0.25, 0.3) is 0 Å². The quantitative estimate of drug-likeness (QED) is 0.813. The van der Waals surface area contributed by atoms with Crippen molar-refractivity contribution in [1.29, 1.82) is 0 Å². The van der Waals surface area contributed by atoms with Crippen LogP contribution < -0.4 is 4.90 Å². The van der Waals surface area contributed by atoms with Gasteiger partial charge in [-0.1, -0.05) is 25.2 Å². The summed E-state index contributed by atoms with van der Waals surface area (Å²) in [5.41, 5.74) is 3.91. The summed E-state index contributed by atoms with van der Waals surface area (Å²) in [6, 6.07) is 4.74. The van der Waals surface area contributed by atoms with E-state index in [2.05, 4.69) is 70.3 Å². The van der Waals surface area contributed by atoms with E-state index in [0.717, 1.165) is 38.4 Å². The molecule has 4 rings (SSSR count). The Hall–Kier alpha value is -2.40. The van der Waals surface area contributed by atoms with Gasteiger partial charge in [-0.05, 0) is 49.5 Å². The van der Waals surface area contributed by atoms with Gasteiger partial charge in [0.05, 0.1) is 18.1 Å². The maximum Gasteiger partial charge on any atom is 0.153 e. The minimum absolute atomic E-state index is 0.511. The van der Waals surface area contributed by atoms with Crippen LogP contribution in [0.5, 0.6) is 0 Å². The van der Waals surface area contributed by atoms with Crippen LogP contribution in [-0.2, 0) is 6.42 Å². The highest BCUT2D eigenvalue weighted by Crippen LogP contribution is 2.22. The molecule has 2 aromatic heterocycles. The summed E-state index contributed by atoms with van der Waals surface area (Å²) in [6.07, 6.45) is 16.3. The molecule has 142 valence electrons. The number of hydrogen-bond donors (Lipinski definition) is 0. The van der Waals surface area contributed by atoms with Crippen molar-refractivity contribution >= 4 is 5.69 Å². The van der Waals surface area contributed by atoms with Gasteiger partial charge in [-0.15, -0.1) is 0 Å². The van der Waals surface area contributed by atoms with Crippen molar-refractivity contribution in [1.82, 2.24) is 19.7 Å². The summed E-state index contributed by atoms with van der Waals surface area (Å²) in [4.78, 5) is 9.66. The lowest BCUT2D eigenvalue weighted by Crippen LogP contribution is -2.50. The van der Waals surface area contributed by atoms with Crippen LogP contribution in [0.25, 0.3) is 5.82 Å². The second-order valence-electron chi connectivity index (χ2n) is 7.40. The van der Waals surface area contributed by atoms with Gasteiger partial charge in [0.15, 0.2) is 5.82 Å². The topological polar surface area (TPSA) is 37.2 Å². The molecule has 27 heavy (non-hydrogen) atoms. The van der Waals surface area contributed by atoms with Gasteiger partial charge in [-0.25, -0.2) is 9.67 Å². The van der Waals surface area contributed by atoms with Crippen LogP contribution in [0.3, 0.4) is 0 Å². The summed E-state index contributed by atoms with van der Waals surface area (Å²) >= 11 is 0. The summed E-state index contributed by atoms with van der Waals surface area (Å²) in [7, 11) is 0. The number of aryl methyl sites for hydroxylation is 1. The maximum atomic E-state index is 4.63. The van der Waals surface area contributed by atoms with Crippen molar-refractivity contribution in [3.05, 3.63) is 60.1 Å². The average Bonchev–Trinajstić information content (AvgIpc) is 3.23.